The highest BCUT2D eigenvalue weighted by Gasteiger charge is 2.31. The average Bonchev–Trinajstić information content (AvgIpc) is 3.29. The van der Waals surface area contributed by atoms with Gasteiger partial charge in [0, 0.05) is 30.0 Å². The van der Waals surface area contributed by atoms with Crippen LogP contribution in [0.3, 0.4) is 0 Å². The van der Waals surface area contributed by atoms with Gasteiger partial charge in [-0.25, -0.2) is 0 Å². The van der Waals surface area contributed by atoms with Crippen LogP contribution in [0.5, 0.6) is 0 Å². The molecule has 2 N–H and O–H groups in total. The lowest BCUT2D eigenvalue weighted by Gasteiger charge is -2.09. The lowest BCUT2D eigenvalue weighted by Crippen LogP contribution is -2.10. The molecule has 1 aromatic heterocycles. The minimum Gasteiger partial charge on any atom is -0.481 e. The quantitative estimate of drug-likeness (QED) is 0.654. The van der Waals surface area contributed by atoms with E-state index in [1.807, 2.05) is 34.9 Å². The number of rotatable bonds is 6. The number of hydrogen-bond acceptors (Lipinski definition) is 3. The van der Waals surface area contributed by atoms with Gasteiger partial charge in [0.1, 0.15) is 0 Å². The van der Waals surface area contributed by atoms with Gasteiger partial charge in [0.25, 0.3) is 0 Å². The minimum atomic E-state index is -0.834. The Morgan fingerprint density at radius 3 is 2.44 bits per heavy atom. The maximum absolute atomic E-state index is 12.8. The number of benzene rings is 2. The largest absolute Gasteiger partial charge is 0.481 e. The summed E-state index contributed by atoms with van der Waals surface area (Å²) in [5.74, 6) is -1.43. The third kappa shape index (κ3) is 3.36. The van der Waals surface area contributed by atoms with Crippen LogP contribution in [0, 0.1) is 0 Å². The molecule has 0 radical (unpaired) electrons. The van der Waals surface area contributed by atoms with Crippen molar-refractivity contribution in [3.05, 3.63) is 89.2 Å². The van der Waals surface area contributed by atoms with Gasteiger partial charge in [-0.05, 0) is 48.4 Å². The Morgan fingerprint density at radius 2 is 1.74 bits per heavy atom. The first-order chi connectivity index (χ1) is 13.1. The molecule has 5 nitrogen and oxygen atoms in total. The molecule has 2 aromatic carbocycles. The predicted octanol–water partition coefficient (Wildman–Crippen LogP) is 3.90. The molecule has 0 bridgehead atoms. The van der Waals surface area contributed by atoms with Gasteiger partial charge in [0.2, 0.25) is 5.78 Å². The molecule has 136 valence electrons. The zero-order chi connectivity index (χ0) is 18.8. The van der Waals surface area contributed by atoms with E-state index in [0.717, 1.165) is 12.2 Å². The number of carbonyl (C=O) groups excluding carboxylic acids is 1. The standard InChI is InChI=1S/C22H20N2O3/c25-21(20-11-10-19-18(22(26)27)12-13-24(19)20)16-6-8-17(9-7-16)23-14-15-4-2-1-3-5-15/h1-11,18,23H,12-14H2,(H,26,27). The SMILES string of the molecule is O=C(c1ccc(NCc2ccccc2)cc1)c1ccc2n1CCC2C(=O)O. The fourth-order valence-electron chi connectivity index (χ4n) is 3.58. The van der Waals surface area contributed by atoms with Crippen molar-refractivity contribution in [1.82, 2.24) is 4.57 Å². The first kappa shape index (κ1) is 17.1. The number of nitrogens with zero attached hydrogens (tertiary/aromatic N) is 1. The number of carboxylic acid groups (broad SMARTS) is 1. The molecule has 2 heterocycles. The molecule has 0 aliphatic carbocycles. The Morgan fingerprint density at radius 1 is 1.00 bits per heavy atom. The molecule has 1 aliphatic heterocycles. The summed E-state index contributed by atoms with van der Waals surface area (Å²) >= 11 is 0. The second kappa shape index (κ2) is 7.11. The topological polar surface area (TPSA) is 71.3 Å². The van der Waals surface area contributed by atoms with Crippen molar-refractivity contribution >= 4 is 17.4 Å². The van der Waals surface area contributed by atoms with Gasteiger partial charge in [-0.15, -0.1) is 0 Å². The first-order valence-corrected chi connectivity index (χ1v) is 8.98. The summed E-state index contributed by atoms with van der Waals surface area (Å²) in [6.07, 6.45) is 0.536. The fraction of sp³-hybridized carbons (Fsp3) is 0.182. The summed E-state index contributed by atoms with van der Waals surface area (Å²) in [4.78, 5) is 24.2. The Balaban J connectivity index is 1.47. The van der Waals surface area contributed by atoms with E-state index < -0.39 is 11.9 Å². The molecule has 1 atom stereocenters. The van der Waals surface area contributed by atoms with E-state index in [9.17, 15) is 14.7 Å². The molecule has 5 heteroatoms. The van der Waals surface area contributed by atoms with Crippen molar-refractivity contribution in [2.24, 2.45) is 0 Å². The Kier molecular flexibility index (Phi) is 4.50. The number of hydrogen-bond donors (Lipinski definition) is 2. The Labute approximate surface area is 157 Å². The highest BCUT2D eigenvalue weighted by atomic mass is 16.4. The maximum atomic E-state index is 12.8. The molecule has 0 spiro atoms. The monoisotopic (exact) mass is 360 g/mol. The first-order valence-electron chi connectivity index (χ1n) is 8.98. The number of fused-ring (bicyclic) bond motifs is 1. The second-order valence-corrected chi connectivity index (χ2v) is 6.72. The van der Waals surface area contributed by atoms with Crippen LogP contribution < -0.4 is 5.32 Å². The van der Waals surface area contributed by atoms with Gasteiger partial charge >= 0.3 is 5.97 Å². The lowest BCUT2D eigenvalue weighted by atomic mass is 10.1. The van der Waals surface area contributed by atoms with E-state index >= 15 is 0 Å². The van der Waals surface area contributed by atoms with Gasteiger partial charge in [-0.2, -0.15) is 0 Å². The second-order valence-electron chi connectivity index (χ2n) is 6.72. The third-order valence-corrected chi connectivity index (χ3v) is 5.03. The van der Waals surface area contributed by atoms with Gasteiger partial charge in [-0.1, -0.05) is 30.3 Å². The van der Waals surface area contributed by atoms with Crippen molar-refractivity contribution in [2.75, 3.05) is 5.32 Å². The summed E-state index contributed by atoms with van der Waals surface area (Å²) in [5, 5.41) is 12.6. The smallest absolute Gasteiger partial charge is 0.312 e. The number of aromatic nitrogens is 1. The van der Waals surface area contributed by atoms with Crippen LogP contribution >= 0.6 is 0 Å². The van der Waals surface area contributed by atoms with E-state index in [1.54, 1.807) is 24.3 Å². The molecule has 1 unspecified atom stereocenters. The lowest BCUT2D eigenvalue weighted by molar-refractivity contribution is -0.138. The molecule has 0 saturated heterocycles. The summed E-state index contributed by atoms with van der Waals surface area (Å²) < 4.78 is 1.84. The number of ketones is 1. The van der Waals surface area contributed by atoms with Crippen LogP contribution in [0.25, 0.3) is 0 Å². The third-order valence-electron chi connectivity index (χ3n) is 5.03. The van der Waals surface area contributed by atoms with Crippen molar-refractivity contribution in [3.8, 4) is 0 Å². The molecular formula is C22H20N2O3. The summed E-state index contributed by atoms with van der Waals surface area (Å²) in [7, 11) is 0. The van der Waals surface area contributed by atoms with E-state index in [1.165, 1.54) is 5.56 Å². The van der Waals surface area contributed by atoms with Crippen LogP contribution in [-0.4, -0.2) is 21.4 Å². The molecule has 27 heavy (non-hydrogen) atoms. The van der Waals surface area contributed by atoms with Crippen LogP contribution in [0.4, 0.5) is 5.69 Å². The Bertz CT molecular complexity index is 975. The van der Waals surface area contributed by atoms with Crippen molar-refractivity contribution < 1.29 is 14.7 Å². The minimum absolute atomic E-state index is 0.0816. The number of carboxylic acids is 1. The molecule has 0 amide bonds. The highest BCUT2D eigenvalue weighted by Crippen LogP contribution is 2.31. The maximum Gasteiger partial charge on any atom is 0.312 e. The zero-order valence-electron chi connectivity index (χ0n) is 14.8. The van der Waals surface area contributed by atoms with Crippen LogP contribution in [0.15, 0.2) is 66.7 Å². The predicted molar refractivity (Wildman–Crippen MR) is 103 cm³/mol. The average molecular weight is 360 g/mol. The van der Waals surface area contributed by atoms with Crippen molar-refractivity contribution in [2.45, 2.75) is 25.4 Å². The highest BCUT2D eigenvalue weighted by molar-refractivity contribution is 6.08. The van der Waals surface area contributed by atoms with Crippen molar-refractivity contribution in [1.29, 1.82) is 0 Å². The summed E-state index contributed by atoms with van der Waals surface area (Å²) in [6.45, 7) is 1.29. The van der Waals surface area contributed by atoms with Crippen LogP contribution in [0.1, 0.15) is 39.6 Å². The number of aliphatic carboxylic acids is 1. The van der Waals surface area contributed by atoms with E-state index in [2.05, 4.69) is 17.4 Å². The van der Waals surface area contributed by atoms with Crippen LogP contribution in [0.2, 0.25) is 0 Å². The summed E-state index contributed by atoms with van der Waals surface area (Å²) in [6, 6.07) is 21.0. The van der Waals surface area contributed by atoms with Gasteiger partial charge in [-0.3, -0.25) is 9.59 Å². The van der Waals surface area contributed by atoms with Gasteiger partial charge < -0.3 is 15.0 Å². The van der Waals surface area contributed by atoms with E-state index in [4.69, 9.17) is 0 Å². The zero-order valence-corrected chi connectivity index (χ0v) is 14.8. The molecule has 3 aromatic rings. The molecule has 1 aliphatic rings. The Hall–Kier alpha value is -3.34. The van der Waals surface area contributed by atoms with E-state index in [-0.39, 0.29) is 5.78 Å². The van der Waals surface area contributed by atoms with Crippen LogP contribution in [-0.2, 0) is 17.9 Å². The number of nitrogens with one attached hydrogen (secondary N) is 1. The van der Waals surface area contributed by atoms with Gasteiger partial charge in [0.15, 0.2) is 0 Å². The molecular weight excluding hydrogens is 340 g/mol. The van der Waals surface area contributed by atoms with Crippen molar-refractivity contribution in [3.63, 3.8) is 0 Å². The normalized spacial score (nSPS) is 15.3. The number of anilines is 1. The van der Waals surface area contributed by atoms with E-state index in [0.29, 0.717) is 29.9 Å². The number of carbonyl (C=O) groups is 2. The molecule has 0 saturated carbocycles. The van der Waals surface area contributed by atoms with Gasteiger partial charge in [0.05, 0.1) is 11.6 Å². The summed E-state index contributed by atoms with van der Waals surface area (Å²) in [5.41, 5.74) is 4.00. The fourth-order valence-corrected chi connectivity index (χ4v) is 3.58. The molecule has 4 rings (SSSR count). The molecule has 0 fully saturated rings.